The maximum Gasteiger partial charge on any atom is 0.252 e. The van der Waals surface area contributed by atoms with E-state index in [1.54, 1.807) is 13.2 Å². The fourth-order valence-electron chi connectivity index (χ4n) is 1.64. The highest BCUT2D eigenvalue weighted by Crippen LogP contribution is 2.25. The molecule has 0 aromatic carbocycles. The highest BCUT2D eigenvalue weighted by Gasteiger charge is 2.25. The molecular weight excluding hydrogens is 302 g/mol. The molecule has 0 unspecified atom stereocenters. The van der Waals surface area contributed by atoms with Gasteiger partial charge in [-0.2, -0.15) is 4.31 Å². The van der Waals surface area contributed by atoms with Crippen LogP contribution in [0, 0.1) is 0 Å². The normalized spacial score (nSPS) is 12.2. The van der Waals surface area contributed by atoms with E-state index in [0.717, 1.165) is 11.3 Å². The number of thiophene rings is 1. The zero-order valence-electron chi connectivity index (χ0n) is 11.7. The Labute approximate surface area is 124 Å². The predicted molar refractivity (Wildman–Crippen MR) is 77.4 cm³/mol. The van der Waals surface area contributed by atoms with Gasteiger partial charge in [0.15, 0.2) is 0 Å². The number of ether oxygens (including phenoxy) is 2. The molecule has 8 heteroatoms. The van der Waals surface area contributed by atoms with Crippen LogP contribution in [0.15, 0.2) is 16.3 Å². The van der Waals surface area contributed by atoms with E-state index in [9.17, 15) is 8.42 Å². The fraction of sp³-hybridized carbons (Fsp3) is 0.667. The lowest BCUT2D eigenvalue weighted by Crippen LogP contribution is -2.34. The van der Waals surface area contributed by atoms with E-state index in [0.29, 0.717) is 37.6 Å². The molecule has 1 N–H and O–H groups in total. The van der Waals surface area contributed by atoms with Crippen molar-refractivity contribution in [1.82, 2.24) is 4.31 Å². The minimum absolute atomic E-state index is 0.151. The van der Waals surface area contributed by atoms with Crippen LogP contribution >= 0.6 is 11.3 Å². The topological polar surface area (TPSA) is 76.1 Å². The molecular formula is C12H21NO5S2. The standard InChI is InChI=1S/C12H21NO5S2/c1-17-8-3-6-13(7-9-18-2)20(15,16)12-5-4-11(10-14)19-12/h4-5,14H,3,6-10H2,1-2H3. The second-order valence-electron chi connectivity index (χ2n) is 4.12. The Balaban J connectivity index is 2.85. The van der Waals surface area contributed by atoms with Crippen LogP contribution in [0.25, 0.3) is 0 Å². The summed E-state index contributed by atoms with van der Waals surface area (Å²) < 4.78 is 36.6. The Morgan fingerprint density at radius 1 is 1.20 bits per heavy atom. The van der Waals surface area contributed by atoms with Crippen molar-refractivity contribution in [2.24, 2.45) is 0 Å². The molecule has 1 rings (SSSR count). The van der Waals surface area contributed by atoms with Crippen LogP contribution in [-0.4, -0.2) is 58.4 Å². The molecule has 0 atom stereocenters. The molecule has 0 saturated carbocycles. The summed E-state index contributed by atoms with van der Waals surface area (Å²) in [5.74, 6) is 0. The van der Waals surface area contributed by atoms with Gasteiger partial charge in [0.05, 0.1) is 13.2 Å². The molecule has 0 spiro atoms. The fourth-order valence-corrected chi connectivity index (χ4v) is 4.47. The summed E-state index contributed by atoms with van der Waals surface area (Å²) in [7, 11) is -0.417. The lowest BCUT2D eigenvalue weighted by molar-refractivity contribution is 0.164. The molecule has 1 heterocycles. The van der Waals surface area contributed by atoms with Crippen LogP contribution in [-0.2, 0) is 26.1 Å². The molecule has 20 heavy (non-hydrogen) atoms. The van der Waals surface area contributed by atoms with Crippen molar-refractivity contribution in [3.63, 3.8) is 0 Å². The van der Waals surface area contributed by atoms with Crippen molar-refractivity contribution in [1.29, 1.82) is 0 Å². The molecule has 1 aromatic rings. The molecule has 6 nitrogen and oxygen atoms in total. The molecule has 0 aliphatic rings. The maximum atomic E-state index is 12.5. The van der Waals surface area contributed by atoms with Gasteiger partial charge in [-0.25, -0.2) is 8.42 Å². The number of rotatable bonds is 10. The second kappa shape index (κ2) is 8.71. The number of nitrogens with zero attached hydrogens (tertiary/aromatic N) is 1. The Hall–Kier alpha value is -0.510. The zero-order valence-corrected chi connectivity index (χ0v) is 13.4. The summed E-state index contributed by atoms with van der Waals surface area (Å²) in [6, 6.07) is 3.16. The lowest BCUT2D eigenvalue weighted by atomic mass is 10.4. The Morgan fingerprint density at radius 3 is 2.45 bits per heavy atom. The number of aliphatic hydroxyl groups excluding tert-OH is 1. The summed E-state index contributed by atoms with van der Waals surface area (Å²) in [4.78, 5) is 0.632. The van der Waals surface area contributed by atoms with Crippen LogP contribution in [0.4, 0.5) is 0 Å². The van der Waals surface area contributed by atoms with E-state index in [-0.39, 0.29) is 10.8 Å². The minimum Gasteiger partial charge on any atom is -0.391 e. The number of aliphatic hydroxyl groups is 1. The Morgan fingerprint density at radius 2 is 1.90 bits per heavy atom. The van der Waals surface area contributed by atoms with Crippen LogP contribution in [0.2, 0.25) is 0 Å². The quantitative estimate of drug-likeness (QED) is 0.648. The van der Waals surface area contributed by atoms with Gasteiger partial charge >= 0.3 is 0 Å². The molecule has 1 aromatic heterocycles. The van der Waals surface area contributed by atoms with Crippen LogP contribution in [0.1, 0.15) is 11.3 Å². The molecule has 0 aliphatic heterocycles. The van der Waals surface area contributed by atoms with Gasteiger partial charge in [0.2, 0.25) is 0 Å². The van der Waals surface area contributed by atoms with Gasteiger partial charge in [-0.1, -0.05) is 0 Å². The number of hydrogen-bond acceptors (Lipinski definition) is 6. The van der Waals surface area contributed by atoms with Gasteiger partial charge < -0.3 is 14.6 Å². The van der Waals surface area contributed by atoms with Crippen molar-refractivity contribution in [2.75, 3.05) is 40.5 Å². The Bertz CT molecular complexity index is 486. The molecule has 0 bridgehead atoms. The number of methoxy groups -OCH3 is 2. The summed E-state index contributed by atoms with van der Waals surface area (Å²) in [6.07, 6.45) is 0.623. The van der Waals surface area contributed by atoms with Gasteiger partial charge in [-0.3, -0.25) is 0 Å². The van der Waals surface area contributed by atoms with Crippen molar-refractivity contribution < 1.29 is 23.0 Å². The first kappa shape index (κ1) is 17.5. The summed E-state index contributed by atoms with van der Waals surface area (Å²) in [5.41, 5.74) is 0. The second-order valence-corrected chi connectivity index (χ2v) is 7.46. The molecule has 0 saturated heterocycles. The molecule has 0 amide bonds. The van der Waals surface area contributed by atoms with Crippen molar-refractivity contribution >= 4 is 21.4 Å². The third-order valence-corrected chi connectivity index (χ3v) is 6.12. The SMILES string of the molecule is COCCCN(CCOC)S(=O)(=O)c1ccc(CO)s1. The van der Waals surface area contributed by atoms with Gasteiger partial charge in [0.1, 0.15) is 4.21 Å². The first-order valence-corrected chi connectivity index (χ1v) is 8.49. The Kier molecular flexibility index (Phi) is 7.63. The van der Waals surface area contributed by atoms with E-state index < -0.39 is 10.0 Å². The first-order chi connectivity index (χ1) is 9.56. The lowest BCUT2D eigenvalue weighted by Gasteiger charge is -2.20. The summed E-state index contributed by atoms with van der Waals surface area (Å²) >= 11 is 1.09. The van der Waals surface area contributed by atoms with Gasteiger partial charge in [0.25, 0.3) is 10.0 Å². The van der Waals surface area contributed by atoms with Crippen molar-refractivity contribution in [3.8, 4) is 0 Å². The van der Waals surface area contributed by atoms with E-state index in [1.807, 2.05) is 0 Å². The van der Waals surface area contributed by atoms with E-state index in [4.69, 9.17) is 14.6 Å². The number of hydrogen-bond donors (Lipinski definition) is 1. The minimum atomic E-state index is -3.54. The average molecular weight is 323 g/mol. The smallest absolute Gasteiger partial charge is 0.252 e. The summed E-state index contributed by atoms with van der Waals surface area (Å²) in [6.45, 7) is 1.37. The number of sulfonamides is 1. The van der Waals surface area contributed by atoms with E-state index in [2.05, 4.69) is 0 Å². The molecule has 0 radical (unpaired) electrons. The van der Waals surface area contributed by atoms with Crippen LogP contribution in [0.3, 0.4) is 0 Å². The van der Waals surface area contributed by atoms with E-state index in [1.165, 1.54) is 17.5 Å². The first-order valence-electron chi connectivity index (χ1n) is 6.24. The average Bonchev–Trinajstić information content (AvgIpc) is 2.92. The summed E-state index contributed by atoms with van der Waals surface area (Å²) in [5, 5.41) is 9.04. The van der Waals surface area contributed by atoms with Gasteiger partial charge in [0, 0.05) is 38.8 Å². The van der Waals surface area contributed by atoms with Crippen molar-refractivity contribution in [3.05, 3.63) is 17.0 Å². The largest absolute Gasteiger partial charge is 0.391 e. The van der Waals surface area contributed by atoms with Gasteiger partial charge in [-0.05, 0) is 18.6 Å². The third kappa shape index (κ3) is 4.80. The van der Waals surface area contributed by atoms with Crippen molar-refractivity contribution in [2.45, 2.75) is 17.2 Å². The van der Waals surface area contributed by atoms with Gasteiger partial charge in [-0.15, -0.1) is 11.3 Å². The highest BCUT2D eigenvalue weighted by atomic mass is 32.2. The van der Waals surface area contributed by atoms with Crippen LogP contribution in [0.5, 0.6) is 0 Å². The monoisotopic (exact) mass is 323 g/mol. The molecule has 0 fully saturated rings. The predicted octanol–water partition coefficient (Wildman–Crippen LogP) is 0.914. The maximum absolute atomic E-state index is 12.5. The highest BCUT2D eigenvalue weighted by molar-refractivity contribution is 7.91. The molecule has 116 valence electrons. The third-order valence-electron chi connectivity index (χ3n) is 2.69. The zero-order chi connectivity index (χ0) is 15.0. The van der Waals surface area contributed by atoms with E-state index >= 15 is 0 Å². The van der Waals surface area contributed by atoms with Crippen LogP contribution < -0.4 is 0 Å². The molecule has 0 aliphatic carbocycles.